The van der Waals surface area contributed by atoms with Crippen molar-refractivity contribution in [3.63, 3.8) is 0 Å². The number of methoxy groups -OCH3 is 1. The Kier molecular flexibility index (Phi) is 6.77. The van der Waals surface area contributed by atoms with Gasteiger partial charge in [0.05, 0.1) is 18.4 Å². The van der Waals surface area contributed by atoms with Gasteiger partial charge in [0.2, 0.25) is 0 Å². The number of ether oxygens (including phenoxy) is 1. The first-order valence-corrected chi connectivity index (χ1v) is 9.72. The van der Waals surface area contributed by atoms with Crippen molar-refractivity contribution in [1.29, 1.82) is 0 Å². The molecule has 0 spiro atoms. The van der Waals surface area contributed by atoms with Crippen LogP contribution < -0.4 is 10.5 Å². The van der Waals surface area contributed by atoms with Gasteiger partial charge in [-0.25, -0.2) is 4.98 Å². The van der Waals surface area contributed by atoms with Crippen molar-refractivity contribution >= 4 is 11.3 Å². The summed E-state index contributed by atoms with van der Waals surface area (Å²) in [7, 11) is 1.69. The molecule has 0 atom stereocenters. The Hall–Kier alpha value is -2.21. The van der Waals surface area contributed by atoms with Crippen LogP contribution in [0.4, 0.5) is 0 Å². The van der Waals surface area contributed by atoms with E-state index in [0.717, 1.165) is 48.1 Å². The molecule has 0 saturated heterocycles. The minimum absolute atomic E-state index is 0.651. The van der Waals surface area contributed by atoms with Gasteiger partial charge in [0.25, 0.3) is 0 Å². The fourth-order valence-electron chi connectivity index (χ4n) is 2.94. The van der Waals surface area contributed by atoms with Crippen molar-refractivity contribution in [2.45, 2.75) is 13.0 Å². The molecule has 26 heavy (non-hydrogen) atoms. The molecule has 1 aromatic heterocycles. The minimum Gasteiger partial charge on any atom is -0.496 e. The van der Waals surface area contributed by atoms with E-state index >= 15 is 0 Å². The van der Waals surface area contributed by atoms with Crippen LogP contribution in [0.15, 0.2) is 60.0 Å². The van der Waals surface area contributed by atoms with E-state index in [1.807, 2.05) is 18.2 Å². The predicted octanol–water partition coefficient (Wildman–Crippen LogP) is 3.82. The first-order valence-electron chi connectivity index (χ1n) is 8.84. The average Bonchev–Trinajstić information content (AvgIpc) is 3.15. The van der Waals surface area contributed by atoms with Gasteiger partial charge in [-0.2, -0.15) is 0 Å². The lowest BCUT2D eigenvalue weighted by molar-refractivity contribution is 0.274. The summed E-state index contributed by atoms with van der Waals surface area (Å²) in [6.45, 7) is 3.31. The molecule has 0 fully saturated rings. The van der Waals surface area contributed by atoms with Gasteiger partial charge in [-0.1, -0.05) is 42.5 Å². The van der Waals surface area contributed by atoms with Gasteiger partial charge in [0.15, 0.2) is 0 Å². The van der Waals surface area contributed by atoms with Gasteiger partial charge in [0, 0.05) is 31.6 Å². The number of hydrogen-bond donors (Lipinski definition) is 1. The highest BCUT2D eigenvalue weighted by molar-refractivity contribution is 7.13. The summed E-state index contributed by atoms with van der Waals surface area (Å²) >= 11 is 1.66. The zero-order valence-corrected chi connectivity index (χ0v) is 15.9. The van der Waals surface area contributed by atoms with Gasteiger partial charge >= 0.3 is 0 Å². The Bertz CT molecular complexity index is 804. The molecule has 2 N–H and O–H groups in total. The lowest BCUT2D eigenvalue weighted by Crippen LogP contribution is -2.31. The van der Waals surface area contributed by atoms with Gasteiger partial charge in [-0.3, -0.25) is 4.90 Å². The number of hydrogen-bond acceptors (Lipinski definition) is 5. The van der Waals surface area contributed by atoms with Crippen LogP contribution in [0, 0.1) is 0 Å². The topological polar surface area (TPSA) is 51.4 Å². The standard InChI is InChI=1S/C21H25N3OS/c1-25-20-10-6-5-9-19(20)21-23-18(16-26-21)15-24(14-12-22)13-11-17-7-3-2-4-8-17/h2-10,16H,11-15,22H2,1H3. The first kappa shape index (κ1) is 18.6. The van der Waals surface area contributed by atoms with Crippen molar-refractivity contribution in [3.8, 4) is 16.3 Å². The van der Waals surface area contributed by atoms with E-state index < -0.39 is 0 Å². The predicted molar refractivity (Wildman–Crippen MR) is 109 cm³/mol. The molecule has 0 aliphatic heterocycles. The number of nitrogens with two attached hydrogens (primary N) is 1. The smallest absolute Gasteiger partial charge is 0.129 e. The van der Waals surface area contributed by atoms with Crippen molar-refractivity contribution in [3.05, 3.63) is 71.2 Å². The Labute approximate surface area is 159 Å². The maximum atomic E-state index is 5.81. The van der Waals surface area contributed by atoms with Crippen molar-refractivity contribution in [1.82, 2.24) is 9.88 Å². The van der Waals surface area contributed by atoms with Gasteiger partial charge in [0.1, 0.15) is 10.8 Å². The van der Waals surface area contributed by atoms with E-state index in [4.69, 9.17) is 15.5 Å². The minimum atomic E-state index is 0.651. The van der Waals surface area contributed by atoms with Crippen LogP contribution in [0.1, 0.15) is 11.3 Å². The summed E-state index contributed by atoms with van der Waals surface area (Å²) in [5.74, 6) is 0.858. The molecule has 0 aliphatic carbocycles. The van der Waals surface area contributed by atoms with Gasteiger partial charge in [-0.15, -0.1) is 11.3 Å². The Morgan fingerprint density at radius 1 is 1.04 bits per heavy atom. The lowest BCUT2D eigenvalue weighted by atomic mass is 10.1. The summed E-state index contributed by atoms with van der Waals surface area (Å²) in [6, 6.07) is 18.6. The molecule has 136 valence electrons. The largest absolute Gasteiger partial charge is 0.496 e. The zero-order valence-electron chi connectivity index (χ0n) is 15.1. The van der Waals surface area contributed by atoms with Gasteiger partial charge < -0.3 is 10.5 Å². The summed E-state index contributed by atoms with van der Waals surface area (Å²) in [4.78, 5) is 7.19. The number of rotatable bonds is 9. The fourth-order valence-corrected chi connectivity index (χ4v) is 3.78. The normalized spacial score (nSPS) is 11.0. The SMILES string of the molecule is COc1ccccc1-c1nc(CN(CCN)CCc2ccccc2)cs1. The molecule has 5 heteroatoms. The number of thiazole rings is 1. The van der Waals surface area contributed by atoms with Crippen LogP contribution in [-0.4, -0.2) is 36.6 Å². The summed E-state index contributed by atoms with van der Waals surface area (Å²) < 4.78 is 5.46. The fraction of sp³-hybridized carbons (Fsp3) is 0.286. The second-order valence-electron chi connectivity index (χ2n) is 6.14. The number of nitrogens with zero attached hydrogens (tertiary/aromatic N) is 2. The van der Waals surface area contributed by atoms with Crippen molar-refractivity contribution in [2.75, 3.05) is 26.7 Å². The van der Waals surface area contributed by atoms with Crippen LogP contribution in [0.5, 0.6) is 5.75 Å². The summed E-state index contributed by atoms with van der Waals surface area (Å²) in [5.41, 5.74) is 9.28. The Morgan fingerprint density at radius 3 is 2.58 bits per heavy atom. The molecule has 0 aliphatic rings. The molecule has 3 aromatic rings. The van der Waals surface area contributed by atoms with E-state index in [-0.39, 0.29) is 0 Å². The number of aromatic nitrogens is 1. The van der Waals surface area contributed by atoms with Crippen LogP contribution >= 0.6 is 11.3 Å². The first-order chi connectivity index (χ1) is 12.8. The van der Waals surface area contributed by atoms with Crippen LogP contribution in [0.3, 0.4) is 0 Å². The van der Waals surface area contributed by atoms with Crippen LogP contribution in [0.25, 0.3) is 10.6 Å². The molecule has 2 aromatic carbocycles. The monoisotopic (exact) mass is 367 g/mol. The zero-order chi connectivity index (χ0) is 18.2. The Morgan fingerprint density at radius 2 is 1.81 bits per heavy atom. The summed E-state index contributed by atoms with van der Waals surface area (Å²) in [5, 5.41) is 3.13. The van der Waals surface area contributed by atoms with Crippen LogP contribution in [0.2, 0.25) is 0 Å². The molecule has 0 bridgehead atoms. The molecule has 0 radical (unpaired) electrons. The molecule has 1 heterocycles. The molecule has 3 rings (SSSR count). The molecule has 0 amide bonds. The molecule has 0 unspecified atom stereocenters. The van der Waals surface area contributed by atoms with E-state index in [0.29, 0.717) is 6.54 Å². The quantitative estimate of drug-likeness (QED) is 0.625. The average molecular weight is 368 g/mol. The van der Waals surface area contributed by atoms with E-state index in [1.165, 1.54) is 5.56 Å². The highest BCUT2D eigenvalue weighted by atomic mass is 32.1. The number of para-hydroxylation sites is 1. The summed E-state index contributed by atoms with van der Waals surface area (Å²) in [6.07, 6.45) is 1.02. The van der Waals surface area contributed by atoms with Crippen molar-refractivity contribution < 1.29 is 4.74 Å². The maximum absolute atomic E-state index is 5.81. The second kappa shape index (κ2) is 9.48. The lowest BCUT2D eigenvalue weighted by Gasteiger charge is -2.20. The third kappa shape index (κ3) is 4.91. The molecular weight excluding hydrogens is 342 g/mol. The second-order valence-corrected chi connectivity index (χ2v) is 7.00. The number of benzene rings is 2. The maximum Gasteiger partial charge on any atom is 0.129 e. The molecule has 0 saturated carbocycles. The van der Waals surface area contributed by atoms with E-state index in [1.54, 1.807) is 18.4 Å². The van der Waals surface area contributed by atoms with E-state index in [9.17, 15) is 0 Å². The van der Waals surface area contributed by atoms with Crippen molar-refractivity contribution in [2.24, 2.45) is 5.73 Å². The third-order valence-electron chi connectivity index (χ3n) is 4.28. The van der Waals surface area contributed by atoms with E-state index in [2.05, 4.69) is 46.7 Å². The van der Waals surface area contributed by atoms with Crippen LogP contribution in [-0.2, 0) is 13.0 Å². The highest BCUT2D eigenvalue weighted by Gasteiger charge is 2.12. The van der Waals surface area contributed by atoms with Gasteiger partial charge in [-0.05, 0) is 24.1 Å². The molecular formula is C21H25N3OS. The highest BCUT2D eigenvalue weighted by Crippen LogP contribution is 2.32. The Balaban J connectivity index is 1.67. The molecule has 4 nitrogen and oxygen atoms in total. The third-order valence-corrected chi connectivity index (χ3v) is 5.20.